The first-order valence-electron chi connectivity index (χ1n) is 10.9. The Morgan fingerprint density at radius 2 is 1.86 bits per heavy atom. The van der Waals surface area contributed by atoms with Crippen molar-refractivity contribution in [3.8, 4) is 34.8 Å². The van der Waals surface area contributed by atoms with Crippen LogP contribution in [0.5, 0.6) is 11.5 Å². The van der Waals surface area contributed by atoms with Crippen LogP contribution < -0.4 is 14.2 Å². The highest BCUT2D eigenvalue weighted by Gasteiger charge is 2.25. The normalized spacial score (nSPS) is 12.6. The van der Waals surface area contributed by atoms with Gasteiger partial charge in [0.1, 0.15) is 34.8 Å². The number of aliphatic hydroxyl groups is 1. The molecule has 186 valence electrons. The summed E-state index contributed by atoms with van der Waals surface area (Å²) in [5, 5.41) is 28.2. The molecule has 0 spiro atoms. The number of para-hydroxylation sites is 1. The van der Waals surface area contributed by atoms with Crippen LogP contribution in [0.15, 0.2) is 52.9 Å². The first-order valence-corrected chi connectivity index (χ1v) is 11.8. The van der Waals surface area contributed by atoms with Gasteiger partial charge < -0.3 is 19.0 Å². The fraction of sp³-hybridized carbons (Fsp3) is 0.240. The standard InChI is InChI=1S/C25H24FN5O4S/c1-14-8-11-21(35-14)24-28-29-25(31(24)22-19(33-3)6-5-7-20(22)34-4)30-36-15(2)23(32)16-9-10-18(26)17(12-16)13-27/h5-12,15,23,32H,1-4H3,(H,29,30). The van der Waals surface area contributed by atoms with E-state index in [1.165, 1.54) is 30.1 Å². The molecule has 0 saturated carbocycles. The SMILES string of the molecule is COc1cccc(OC)c1-n1c(NSC(C)C(O)c2ccc(F)c(C#N)c2)nnc1-c1ccc(C)o1. The number of aliphatic hydroxyl groups excluding tert-OH is 1. The van der Waals surface area contributed by atoms with Crippen molar-refractivity contribution in [1.82, 2.24) is 14.8 Å². The van der Waals surface area contributed by atoms with Gasteiger partial charge in [0, 0.05) is 0 Å². The van der Waals surface area contributed by atoms with Crippen molar-refractivity contribution in [2.24, 2.45) is 0 Å². The number of nitrogens with zero attached hydrogens (tertiary/aromatic N) is 4. The number of nitrogens with one attached hydrogen (secondary N) is 1. The maximum absolute atomic E-state index is 13.7. The van der Waals surface area contributed by atoms with Gasteiger partial charge in [0.05, 0.1) is 31.1 Å². The zero-order valence-electron chi connectivity index (χ0n) is 20.0. The second-order valence-electron chi connectivity index (χ2n) is 7.83. The van der Waals surface area contributed by atoms with Crippen molar-refractivity contribution in [3.63, 3.8) is 0 Å². The molecule has 2 N–H and O–H groups in total. The molecule has 2 aromatic carbocycles. The van der Waals surface area contributed by atoms with Gasteiger partial charge in [0.15, 0.2) is 5.76 Å². The zero-order valence-corrected chi connectivity index (χ0v) is 20.8. The van der Waals surface area contributed by atoms with Crippen LogP contribution in [0.25, 0.3) is 17.3 Å². The molecule has 2 aromatic heterocycles. The molecule has 2 unspecified atom stereocenters. The summed E-state index contributed by atoms with van der Waals surface area (Å²) < 4.78 is 35.6. The highest BCUT2D eigenvalue weighted by molar-refractivity contribution is 8.01. The Balaban J connectivity index is 1.69. The van der Waals surface area contributed by atoms with Crippen molar-refractivity contribution in [3.05, 3.63) is 71.2 Å². The van der Waals surface area contributed by atoms with Gasteiger partial charge in [0.2, 0.25) is 11.8 Å². The monoisotopic (exact) mass is 509 g/mol. The number of halogens is 1. The van der Waals surface area contributed by atoms with Gasteiger partial charge in [-0.3, -0.25) is 9.29 Å². The molecule has 0 amide bonds. The molecule has 0 fully saturated rings. The van der Waals surface area contributed by atoms with Crippen molar-refractivity contribution < 1.29 is 23.4 Å². The number of aryl methyl sites for hydroxylation is 1. The molecule has 0 bridgehead atoms. The van der Waals surface area contributed by atoms with Crippen molar-refractivity contribution in [2.75, 3.05) is 18.9 Å². The lowest BCUT2D eigenvalue weighted by atomic mass is 10.0. The Bertz CT molecular complexity index is 1390. The number of rotatable bonds is 9. The summed E-state index contributed by atoms with van der Waals surface area (Å²) in [6, 6.07) is 14.8. The van der Waals surface area contributed by atoms with E-state index in [1.807, 2.05) is 13.0 Å². The van der Waals surface area contributed by atoms with Gasteiger partial charge in [-0.15, -0.1) is 10.2 Å². The summed E-state index contributed by atoms with van der Waals surface area (Å²) >= 11 is 1.19. The topological polar surface area (TPSA) is 118 Å². The molecule has 0 aliphatic rings. The summed E-state index contributed by atoms with van der Waals surface area (Å²) in [7, 11) is 3.11. The molecule has 4 aromatic rings. The van der Waals surface area contributed by atoms with Crippen LogP contribution in [0, 0.1) is 24.1 Å². The summed E-state index contributed by atoms with van der Waals surface area (Å²) in [4.78, 5) is 0. The highest BCUT2D eigenvalue weighted by Crippen LogP contribution is 2.39. The zero-order chi connectivity index (χ0) is 25.8. The van der Waals surface area contributed by atoms with Crippen LogP contribution in [0.2, 0.25) is 0 Å². The van der Waals surface area contributed by atoms with E-state index >= 15 is 0 Å². The molecule has 0 aliphatic carbocycles. The van der Waals surface area contributed by atoms with E-state index in [1.54, 1.807) is 56.0 Å². The molecule has 2 atom stereocenters. The summed E-state index contributed by atoms with van der Waals surface area (Å²) in [6.07, 6.45) is -0.987. The number of benzene rings is 2. The van der Waals surface area contributed by atoms with Crippen molar-refractivity contribution >= 4 is 17.9 Å². The average Bonchev–Trinajstić information content (AvgIpc) is 3.52. The number of hydrogen-bond donors (Lipinski definition) is 2. The van der Waals surface area contributed by atoms with E-state index in [0.29, 0.717) is 46.0 Å². The maximum atomic E-state index is 13.7. The first-order chi connectivity index (χ1) is 17.4. The van der Waals surface area contributed by atoms with E-state index in [9.17, 15) is 9.50 Å². The third-order valence-electron chi connectivity index (χ3n) is 5.48. The molecule has 2 heterocycles. The van der Waals surface area contributed by atoms with E-state index in [0.717, 1.165) is 0 Å². The minimum Gasteiger partial charge on any atom is -0.494 e. The summed E-state index contributed by atoms with van der Waals surface area (Å²) in [5.74, 6) is 2.37. The molecule has 0 saturated heterocycles. The van der Waals surface area contributed by atoms with Gasteiger partial charge in [-0.05, 0) is 67.8 Å². The smallest absolute Gasteiger partial charge is 0.239 e. The summed E-state index contributed by atoms with van der Waals surface area (Å²) in [5.41, 5.74) is 0.859. The molecule has 36 heavy (non-hydrogen) atoms. The molecule has 0 radical (unpaired) electrons. The first kappa shape index (κ1) is 25.1. The Morgan fingerprint density at radius 1 is 1.14 bits per heavy atom. The van der Waals surface area contributed by atoms with Crippen molar-refractivity contribution in [1.29, 1.82) is 5.26 Å². The maximum Gasteiger partial charge on any atom is 0.239 e. The number of aromatic nitrogens is 3. The molecular weight excluding hydrogens is 485 g/mol. The van der Waals surface area contributed by atoms with Crippen molar-refractivity contribution in [2.45, 2.75) is 25.2 Å². The minimum atomic E-state index is -0.987. The number of hydrogen-bond acceptors (Lipinski definition) is 9. The molecule has 9 nitrogen and oxygen atoms in total. The Morgan fingerprint density at radius 3 is 2.47 bits per heavy atom. The fourth-order valence-corrected chi connectivity index (χ4v) is 4.33. The van der Waals surface area contributed by atoms with Crippen LogP contribution in [-0.2, 0) is 0 Å². The largest absolute Gasteiger partial charge is 0.494 e. The number of ether oxygens (including phenoxy) is 2. The Labute approximate surface area is 211 Å². The third-order valence-corrected chi connectivity index (χ3v) is 6.41. The van der Waals surface area contributed by atoms with Crippen LogP contribution >= 0.6 is 11.9 Å². The molecule has 4 rings (SSSR count). The Hall–Kier alpha value is -4.01. The lowest BCUT2D eigenvalue weighted by molar-refractivity contribution is 0.179. The minimum absolute atomic E-state index is 0.127. The second kappa shape index (κ2) is 10.7. The van der Waals surface area contributed by atoms with Gasteiger partial charge in [-0.1, -0.05) is 12.1 Å². The third kappa shape index (κ3) is 4.86. The lowest BCUT2D eigenvalue weighted by Gasteiger charge is -2.20. The van der Waals surface area contributed by atoms with Gasteiger partial charge >= 0.3 is 0 Å². The van der Waals surface area contributed by atoms with E-state index in [-0.39, 0.29) is 5.56 Å². The quantitative estimate of drug-likeness (QED) is 0.299. The van der Waals surface area contributed by atoms with Crippen LogP contribution in [0.1, 0.15) is 29.9 Å². The number of methoxy groups -OCH3 is 2. The number of furan rings is 1. The average molecular weight is 510 g/mol. The lowest BCUT2D eigenvalue weighted by Crippen LogP contribution is -2.15. The predicted molar refractivity (Wildman–Crippen MR) is 134 cm³/mol. The molecule has 0 aliphatic heterocycles. The number of nitriles is 1. The van der Waals surface area contributed by atoms with Gasteiger partial charge in [0.25, 0.3) is 0 Å². The van der Waals surface area contributed by atoms with Crippen LogP contribution in [0.3, 0.4) is 0 Å². The highest BCUT2D eigenvalue weighted by atomic mass is 32.2. The fourth-order valence-electron chi connectivity index (χ4n) is 3.62. The predicted octanol–water partition coefficient (Wildman–Crippen LogP) is 5.05. The molecular formula is C25H24FN5O4S. The van der Waals surface area contributed by atoms with Crippen LogP contribution in [0.4, 0.5) is 10.3 Å². The van der Waals surface area contributed by atoms with Gasteiger partial charge in [-0.2, -0.15) is 5.26 Å². The van der Waals surface area contributed by atoms with Crippen LogP contribution in [-0.4, -0.2) is 39.3 Å². The summed E-state index contributed by atoms with van der Waals surface area (Å²) in [6.45, 7) is 3.62. The van der Waals surface area contributed by atoms with E-state index in [2.05, 4.69) is 14.9 Å². The second-order valence-corrected chi connectivity index (χ2v) is 9.01. The van der Waals surface area contributed by atoms with Gasteiger partial charge in [-0.25, -0.2) is 4.39 Å². The van der Waals surface area contributed by atoms with E-state index in [4.69, 9.17) is 19.2 Å². The molecule has 11 heteroatoms. The van der Waals surface area contributed by atoms with E-state index < -0.39 is 17.2 Å². The Kier molecular flexibility index (Phi) is 7.47. The number of anilines is 1.